The molecule has 0 unspecified atom stereocenters. The third kappa shape index (κ3) is 2.85. The van der Waals surface area contributed by atoms with Crippen molar-refractivity contribution in [1.82, 2.24) is 15.0 Å². The highest BCUT2D eigenvalue weighted by Gasteiger charge is 2.20. The van der Waals surface area contributed by atoms with E-state index in [1.165, 1.54) is 30.6 Å². The fourth-order valence-electron chi connectivity index (χ4n) is 3.05. The zero-order valence-electron chi connectivity index (χ0n) is 12.8. The van der Waals surface area contributed by atoms with Crippen molar-refractivity contribution in [2.24, 2.45) is 0 Å². The molecule has 1 aliphatic rings. The molecule has 118 valence electrons. The number of nitrogens with zero attached hydrogens (tertiary/aromatic N) is 3. The molecule has 3 heterocycles. The van der Waals surface area contributed by atoms with Crippen LogP contribution in [0.3, 0.4) is 0 Å². The average molecular weight is 389 g/mol. The number of nitrogens with one attached hydrogen (secondary N) is 1. The van der Waals surface area contributed by atoms with Crippen LogP contribution in [0.15, 0.2) is 29.0 Å². The van der Waals surface area contributed by atoms with Gasteiger partial charge in [-0.3, -0.25) is 4.98 Å². The minimum Gasteiger partial charge on any atom is -0.366 e. The van der Waals surface area contributed by atoms with Crippen molar-refractivity contribution in [2.75, 3.05) is 5.32 Å². The van der Waals surface area contributed by atoms with E-state index in [4.69, 9.17) is 9.97 Å². The van der Waals surface area contributed by atoms with E-state index in [1.54, 1.807) is 23.7 Å². The van der Waals surface area contributed by atoms with Crippen LogP contribution in [0.1, 0.15) is 30.6 Å². The molecule has 23 heavy (non-hydrogen) atoms. The summed E-state index contributed by atoms with van der Waals surface area (Å²) in [5, 5.41) is 3.66. The van der Waals surface area contributed by atoms with Crippen LogP contribution >= 0.6 is 27.3 Å². The molecule has 6 heteroatoms. The predicted molar refractivity (Wildman–Crippen MR) is 99.0 cm³/mol. The van der Waals surface area contributed by atoms with Gasteiger partial charge in [0.15, 0.2) is 5.82 Å². The highest BCUT2D eigenvalue weighted by molar-refractivity contribution is 9.10. The first-order chi connectivity index (χ1) is 11.2. The topological polar surface area (TPSA) is 50.7 Å². The van der Waals surface area contributed by atoms with Crippen molar-refractivity contribution in [2.45, 2.75) is 38.6 Å². The molecule has 1 aliphatic carbocycles. The van der Waals surface area contributed by atoms with Gasteiger partial charge in [-0.25, -0.2) is 9.97 Å². The maximum Gasteiger partial charge on any atom is 0.162 e. The highest BCUT2D eigenvalue weighted by atomic mass is 79.9. The lowest BCUT2D eigenvalue weighted by molar-refractivity contribution is 0.752. The Hall–Kier alpha value is -1.53. The summed E-state index contributed by atoms with van der Waals surface area (Å²) in [6, 6.07) is 4.43. The van der Waals surface area contributed by atoms with Crippen LogP contribution in [0, 0.1) is 6.92 Å². The van der Waals surface area contributed by atoms with Gasteiger partial charge in [-0.1, -0.05) is 12.8 Å². The first-order valence-electron chi connectivity index (χ1n) is 7.86. The molecule has 0 bridgehead atoms. The number of aromatic nitrogens is 3. The van der Waals surface area contributed by atoms with Crippen molar-refractivity contribution >= 4 is 43.3 Å². The zero-order chi connectivity index (χ0) is 15.8. The van der Waals surface area contributed by atoms with Gasteiger partial charge in [0.1, 0.15) is 11.3 Å². The third-order valence-electron chi connectivity index (χ3n) is 4.27. The van der Waals surface area contributed by atoms with Gasteiger partial charge in [0, 0.05) is 28.9 Å². The molecular weight excluding hydrogens is 372 g/mol. The molecule has 0 spiro atoms. The van der Waals surface area contributed by atoms with Crippen LogP contribution in [0.4, 0.5) is 5.82 Å². The second-order valence-electron chi connectivity index (χ2n) is 5.91. The van der Waals surface area contributed by atoms with Gasteiger partial charge in [-0.2, -0.15) is 0 Å². The molecule has 1 saturated carbocycles. The summed E-state index contributed by atoms with van der Waals surface area (Å²) in [4.78, 5) is 14.9. The van der Waals surface area contributed by atoms with Crippen LogP contribution in [-0.2, 0) is 0 Å². The lowest BCUT2D eigenvalue weighted by Gasteiger charge is -2.14. The van der Waals surface area contributed by atoms with Crippen molar-refractivity contribution in [3.63, 3.8) is 0 Å². The minimum absolute atomic E-state index is 0.527. The highest BCUT2D eigenvalue weighted by Crippen LogP contribution is 2.39. The Morgan fingerprint density at radius 2 is 1.91 bits per heavy atom. The SMILES string of the molecule is Cc1sc2c(NC3CCCC3)nc(-c3ccncc3)nc2c1Br. The van der Waals surface area contributed by atoms with E-state index in [2.05, 4.69) is 33.2 Å². The van der Waals surface area contributed by atoms with Crippen LogP contribution in [0.25, 0.3) is 21.6 Å². The molecule has 1 N–H and O–H groups in total. The van der Waals surface area contributed by atoms with Crippen molar-refractivity contribution in [3.05, 3.63) is 33.9 Å². The molecule has 0 aromatic carbocycles. The summed E-state index contributed by atoms with van der Waals surface area (Å²) in [7, 11) is 0. The van der Waals surface area contributed by atoms with Crippen molar-refractivity contribution in [1.29, 1.82) is 0 Å². The van der Waals surface area contributed by atoms with Gasteiger partial charge in [0.05, 0.1) is 9.17 Å². The summed E-state index contributed by atoms with van der Waals surface area (Å²) >= 11 is 5.43. The number of fused-ring (bicyclic) bond motifs is 1. The van der Waals surface area contributed by atoms with Crippen LogP contribution in [0.5, 0.6) is 0 Å². The van der Waals surface area contributed by atoms with Crippen molar-refractivity contribution < 1.29 is 0 Å². The normalized spacial score (nSPS) is 15.4. The Bertz CT molecular complexity index is 841. The smallest absolute Gasteiger partial charge is 0.162 e. The molecule has 0 aliphatic heterocycles. The summed E-state index contributed by atoms with van der Waals surface area (Å²) in [5.41, 5.74) is 1.99. The van der Waals surface area contributed by atoms with Gasteiger partial charge in [-0.05, 0) is 47.8 Å². The monoisotopic (exact) mass is 388 g/mol. The summed E-state index contributed by atoms with van der Waals surface area (Å²) in [6.45, 7) is 2.11. The Labute approximate surface area is 147 Å². The van der Waals surface area contributed by atoms with E-state index in [9.17, 15) is 0 Å². The van der Waals surface area contributed by atoms with Gasteiger partial charge >= 0.3 is 0 Å². The first-order valence-corrected chi connectivity index (χ1v) is 9.47. The Morgan fingerprint density at radius 1 is 1.17 bits per heavy atom. The Balaban J connectivity index is 1.86. The fraction of sp³-hybridized carbons (Fsp3) is 0.353. The molecule has 4 nitrogen and oxygen atoms in total. The maximum absolute atomic E-state index is 4.83. The maximum atomic E-state index is 4.83. The molecule has 4 rings (SSSR count). The minimum atomic E-state index is 0.527. The summed E-state index contributed by atoms with van der Waals surface area (Å²) < 4.78 is 2.21. The number of anilines is 1. The molecule has 0 saturated heterocycles. The van der Waals surface area contributed by atoms with Crippen LogP contribution < -0.4 is 5.32 Å². The quantitative estimate of drug-likeness (QED) is 0.671. The predicted octanol–water partition coefficient (Wildman–Crippen LogP) is 5.18. The standard InChI is InChI=1S/C17H17BrN4S/c1-10-13(18)14-15(23-10)17(20-12-4-2-3-5-12)22-16(21-14)11-6-8-19-9-7-11/h6-9,12H,2-5H2,1H3,(H,20,21,22). The second-order valence-corrected chi connectivity index (χ2v) is 7.93. The van der Waals surface area contributed by atoms with Crippen LogP contribution in [-0.4, -0.2) is 21.0 Å². The average Bonchev–Trinajstić information content (AvgIpc) is 3.18. The molecule has 0 atom stereocenters. The molecule has 0 amide bonds. The van der Waals surface area contributed by atoms with Crippen molar-refractivity contribution in [3.8, 4) is 11.4 Å². The van der Waals surface area contributed by atoms with E-state index in [0.717, 1.165) is 31.9 Å². The third-order valence-corrected chi connectivity index (χ3v) is 6.61. The largest absolute Gasteiger partial charge is 0.366 e. The van der Waals surface area contributed by atoms with Gasteiger partial charge in [0.2, 0.25) is 0 Å². The second kappa shape index (κ2) is 6.17. The lowest BCUT2D eigenvalue weighted by Crippen LogP contribution is -2.16. The number of aryl methyl sites for hydroxylation is 1. The summed E-state index contributed by atoms with van der Waals surface area (Å²) in [5.74, 6) is 1.71. The van der Waals surface area contributed by atoms with E-state index < -0.39 is 0 Å². The van der Waals surface area contributed by atoms with Crippen LogP contribution in [0.2, 0.25) is 0 Å². The number of hydrogen-bond acceptors (Lipinski definition) is 5. The van der Waals surface area contributed by atoms with E-state index in [1.807, 2.05) is 12.1 Å². The fourth-order valence-corrected chi connectivity index (χ4v) is 4.65. The Kier molecular flexibility index (Phi) is 4.03. The summed E-state index contributed by atoms with van der Waals surface area (Å²) in [6.07, 6.45) is 8.61. The number of rotatable bonds is 3. The van der Waals surface area contributed by atoms with E-state index in [-0.39, 0.29) is 0 Å². The molecule has 3 aromatic heterocycles. The van der Waals surface area contributed by atoms with Gasteiger partial charge < -0.3 is 5.32 Å². The van der Waals surface area contributed by atoms with E-state index >= 15 is 0 Å². The molecule has 0 radical (unpaired) electrons. The lowest BCUT2D eigenvalue weighted by atomic mass is 10.2. The number of pyridine rings is 1. The molecule has 3 aromatic rings. The Morgan fingerprint density at radius 3 is 2.65 bits per heavy atom. The van der Waals surface area contributed by atoms with Gasteiger partial charge in [0.25, 0.3) is 0 Å². The molecular formula is C17H17BrN4S. The molecule has 1 fully saturated rings. The zero-order valence-corrected chi connectivity index (χ0v) is 15.2. The van der Waals surface area contributed by atoms with E-state index in [0.29, 0.717) is 6.04 Å². The first kappa shape index (κ1) is 15.0. The number of thiophene rings is 1. The number of halogens is 1. The number of hydrogen-bond donors (Lipinski definition) is 1. The van der Waals surface area contributed by atoms with Gasteiger partial charge in [-0.15, -0.1) is 11.3 Å².